The number of nitrogens with one attached hydrogen (secondary N) is 2. The molecule has 3 N–H and O–H groups in total. The molecule has 1 aliphatic rings. The first-order valence-electron chi connectivity index (χ1n) is 10.9. The van der Waals surface area contributed by atoms with Crippen LogP contribution in [0.3, 0.4) is 0 Å². The van der Waals surface area contributed by atoms with Crippen molar-refractivity contribution >= 4 is 22.7 Å². The lowest BCUT2D eigenvalue weighted by Gasteiger charge is -2.18. The zero-order valence-corrected chi connectivity index (χ0v) is 18.3. The minimum absolute atomic E-state index is 0.216. The fraction of sp³-hybridized carbons (Fsp3) is 0.250. The van der Waals surface area contributed by atoms with Crippen LogP contribution < -0.4 is 16.2 Å². The maximum atomic E-state index is 13.1. The third-order valence-corrected chi connectivity index (χ3v) is 5.76. The van der Waals surface area contributed by atoms with E-state index in [2.05, 4.69) is 44.3 Å². The minimum Gasteiger partial charge on any atom is -0.387 e. The van der Waals surface area contributed by atoms with Crippen molar-refractivity contribution in [2.75, 3.05) is 11.9 Å². The van der Waals surface area contributed by atoms with Crippen LogP contribution in [0.4, 0.5) is 11.6 Å². The van der Waals surface area contributed by atoms with E-state index in [1.165, 1.54) is 11.1 Å². The van der Waals surface area contributed by atoms with Gasteiger partial charge in [-0.05, 0) is 55.3 Å². The number of hydrogen-bond donors (Lipinski definition) is 3. The molecule has 0 amide bonds. The second-order valence-corrected chi connectivity index (χ2v) is 8.07. The van der Waals surface area contributed by atoms with E-state index in [4.69, 9.17) is 0 Å². The molecule has 1 aromatic carbocycles. The van der Waals surface area contributed by atoms with Crippen LogP contribution in [0, 0.1) is 0 Å². The van der Waals surface area contributed by atoms with Crippen molar-refractivity contribution in [3.63, 3.8) is 0 Å². The van der Waals surface area contributed by atoms with Gasteiger partial charge in [-0.15, -0.1) is 6.58 Å². The number of pyridine rings is 1. The van der Waals surface area contributed by atoms with Crippen LogP contribution in [0.1, 0.15) is 29.8 Å². The second kappa shape index (κ2) is 8.61. The molecule has 1 atom stereocenters. The molecule has 0 saturated carbocycles. The number of nitrogens with zero attached hydrogens (tertiary/aromatic N) is 5. The topological polar surface area (TPSA) is 110 Å². The van der Waals surface area contributed by atoms with Crippen LogP contribution in [0.5, 0.6) is 0 Å². The predicted octanol–water partition coefficient (Wildman–Crippen LogP) is 2.61. The summed E-state index contributed by atoms with van der Waals surface area (Å²) in [4.78, 5) is 26.4. The first-order valence-corrected chi connectivity index (χ1v) is 10.9. The first-order chi connectivity index (χ1) is 16.0. The Hall–Kier alpha value is -3.82. The summed E-state index contributed by atoms with van der Waals surface area (Å²) in [5.41, 5.74) is 4.90. The third kappa shape index (κ3) is 3.92. The van der Waals surface area contributed by atoms with Crippen LogP contribution in [-0.4, -0.2) is 36.0 Å². The molecule has 0 aliphatic carbocycles. The lowest BCUT2D eigenvalue weighted by atomic mass is 10.0. The zero-order valence-electron chi connectivity index (χ0n) is 18.3. The summed E-state index contributed by atoms with van der Waals surface area (Å²) in [6, 6.07) is 9.77. The van der Waals surface area contributed by atoms with E-state index in [1.54, 1.807) is 46.9 Å². The van der Waals surface area contributed by atoms with E-state index in [0.29, 0.717) is 34.9 Å². The molecule has 1 unspecified atom stereocenters. The van der Waals surface area contributed by atoms with Gasteiger partial charge in [0.25, 0.3) is 5.56 Å². The summed E-state index contributed by atoms with van der Waals surface area (Å²) < 4.78 is 3.26. The van der Waals surface area contributed by atoms with Crippen molar-refractivity contribution in [2.45, 2.75) is 32.5 Å². The largest absolute Gasteiger partial charge is 0.387 e. The molecule has 0 fully saturated rings. The van der Waals surface area contributed by atoms with E-state index in [-0.39, 0.29) is 5.56 Å². The van der Waals surface area contributed by atoms with Crippen molar-refractivity contribution in [3.8, 4) is 5.69 Å². The quantitative estimate of drug-likeness (QED) is 0.393. The SMILES string of the molecule is C=CCn1c(=O)c2cnc(Nc3ccc4c(c3)CNCC4)nc2n1-c1ccnc(C(C)O)c1. The van der Waals surface area contributed by atoms with Crippen molar-refractivity contribution in [1.82, 2.24) is 29.6 Å². The van der Waals surface area contributed by atoms with E-state index in [9.17, 15) is 9.90 Å². The standard InChI is InChI=1S/C24H25N7O2/c1-3-10-30-23(33)20-14-27-24(28-18-5-4-16-6-8-25-13-17(16)11-18)29-22(20)31(30)19-7-9-26-21(12-19)15(2)32/h3-5,7,9,11-12,14-15,25,32H,1,6,8,10,13H2,2H3,(H,27,28,29). The molecule has 1 aliphatic heterocycles. The highest BCUT2D eigenvalue weighted by Gasteiger charge is 2.18. The highest BCUT2D eigenvalue weighted by atomic mass is 16.3. The number of fused-ring (bicyclic) bond motifs is 2. The van der Waals surface area contributed by atoms with Crippen molar-refractivity contribution in [3.05, 3.63) is 82.6 Å². The first kappa shape index (κ1) is 21.0. The zero-order chi connectivity index (χ0) is 22.9. The van der Waals surface area contributed by atoms with Gasteiger partial charge in [0.05, 0.1) is 24.0 Å². The lowest BCUT2D eigenvalue weighted by molar-refractivity contribution is 0.194. The average molecular weight is 444 g/mol. The smallest absolute Gasteiger partial charge is 0.278 e. The lowest BCUT2D eigenvalue weighted by Crippen LogP contribution is -2.23. The Balaban J connectivity index is 1.61. The number of hydrogen-bond acceptors (Lipinski definition) is 7. The Morgan fingerprint density at radius 2 is 2.15 bits per heavy atom. The molecule has 9 nitrogen and oxygen atoms in total. The Morgan fingerprint density at radius 1 is 1.27 bits per heavy atom. The number of aliphatic hydroxyl groups excluding tert-OH is 1. The van der Waals surface area contributed by atoms with Crippen molar-refractivity contribution in [1.29, 1.82) is 0 Å². The molecule has 0 spiro atoms. The molecule has 0 bridgehead atoms. The van der Waals surface area contributed by atoms with E-state index >= 15 is 0 Å². The molecule has 0 saturated heterocycles. The Kier molecular flexibility index (Phi) is 5.49. The summed E-state index contributed by atoms with van der Waals surface area (Å²) in [6.07, 6.45) is 5.08. The molecule has 5 rings (SSSR count). The Morgan fingerprint density at radius 3 is 2.97 bits per heavy atom. The van der Waals surface area contributed by atoms with Gasteiger partial charge in [0.15, 0.2) is 5.65 Å². The van der Waals surface area contributed by atoms with Crippen LogP contribution in [0.25, 0.3) is 16.7 Å². The van der Waals surface area contributed by atoms with Gasteiger partial charge in [-0.1, -0.05) is 12.1 Å². The summed E-state index contributed by atoms with van der Waals surface area (Å²) in [5.74, 6) is 0.389. The summed E-state index contributed by atoms with van der Waals surface area (Å²) >= 11 is 0. The fourth-order valence-electron chi connectivity index (χ4n) is 4.12. The maximum absolute atomic E-state index is 13.1. The normalized spacial score (nSPS) is 14.1. The summed E-state index contributed by atoms with van der Waals surface area (Å²) in [6.45, 7) is 7.55. The predicted molar refractivity (Wildman–Crippen MR) is 127 cm³/mol. The molecule has 168 valence electrons. The molecule has 3 aromatic heterocycles. The van der Waals surface area contributed by atoms with E-state index in [1.807, 2.05) is 6.07 Å². The van der Waals surface area contributed by atoms with Crippen LogP contribution in [0.15, 0.2) is 60.2 Å². The number of anilines is 2. The van der Waals surface area contributed by atoms with E-state index in [0.717, 1.165) is 25.2 Å². The number of aliphatic hydroxyl groups is 1. The molecule has 4 heterocycles. The number of benzene rings is 1. The van der Waals surface area contributed by atoms with Gasteiger partial charge in [0.2, 0.25) is 5.95 Å². The van der Waals surface area contributed by atoms with Gasteiger partial charge in [0.1, 0.15) is 5.39 Å². The molecule has 33 heavy (non-hydrogen) atoms. The van der Waals surface area contributed by atoms with Gasteiger partial charge in [0, 0.05) is 24.6 Å². The van der Waals surface area contributed by atoms with Gasteiger partial charge in [-0.2, -0.15) is 4.98 Å². The molecule has 0 radical (unpaired) electrons. The highest BCUT2D eigenvalue weighted by Crippen LogP contribution is 2.23. The van der Waals surface area contributed by atoms with E-state index < -0.39 is 6.10 Å². The number of rotatable bonds is 6. The van der Waals surface area contributed by atoms with Crippen molar-refractivity contribution < 1.29 is 5.11 Å². The second-order valence-electron chi connectivity index (χ2n) is 8.07. The minimum atomic E-state index is -0.739. The number of allylic oxidation sites excluding steroid dienone is 1. The van der Waals surface area contributed by atoms with Crippen molar-refractivity contribution in [2.24, 2.45) is 0 Å². The maximum Gasteiger partial charge on any atom is 0.278 e. The van der Waals surface area contributed by atoms with Gasteiger partial charge in [-0.25, -0.2) is 14.3 Å². The molecular formula is C24H25N7O2. The molecule has 9 heteroatoms. The fourth-order valence-corrected chi connectivity index (χ4v) is 4.12. The number of aromatic nitrogens is 5. The Bertz CT molecular complexity index is 1400. The van der Waals surface area contributed by atoms with Crippen LogP contribution >= 0.6 is 0 Å². The van der Waals surface area contributed by atoms with Gasteiger partial charge < -0.3 is 15.7 Å². The monoisotopic (exact) mass is 443 g/mol. The Labute approximate surface area is 190 Å². The van der Waals surface area contributed by atoms with Gasteiger partial charge in [-0.3, -0.25) is 9.78 Å². The average Bonchev–Trinajstić information content (AvgIpc) is 3.10. The highest BCUT2D eigenvalue weighted by molar-refractivity contribution is 5.77. The molecular weight excluding hydrogens is 418 g/mol. The summed E-state index contributed by atoms with van der Waals surface area (Å²) in [5, 5.41) is 17.0. The summed E-state index contributed by atoms with van der Waals surface area (Å²) in [7, 11) is 0. The van der Waals surface area contributed by atoms with Gasteiger partial charge >= 0.3 is 0 Å². The third-order valence-electron chi connectivity index (χ3n) is 5.76. The van der Waals surface area contributed by atoms with Crippen LogP contribution in [0.2, 0.25) is 0 Å². The van der Waals surface area contributed by atoms with Crippen LogP contribution in [-0.2, 0) is 19.5 Å². The molecule has 4 aromatic rings.